The number of rotatable bonds is 4. The zero-order valence-corrected chi connectivity index (χ0v) is 12.2. The molecule has 0 aliphatic carbocycles. The molecule has 0 radical (unpaired) electrons. The molecule has 5 nitrogen and oxygen atoms in total. The van der Waals surface area contributed by atoms with Gasteiger partial charge in [-0.05, 0) is 30.9 Å². The first-order valence-corrected chi connectivity index (χ1v) is 8.65. The number of halogens is 1. The summed E-state index contributed by atoms with van der Waals surface area (Å²) in [5.74, 6) is 6.12. The van der Waals surface area contributed by atoms with E-state index in [4.69, 9.17) is 10.3 Å². The van der Waals surface area contributed by atoms with Crippen molar-refractivity contribution in [3.05, 3.63) is 35.8 Å². The van der Waals surface area contributed by atoms with Crippen LogP contribution in [0.2, 0.25) is 0 Å². The van der Waals surface area contributed by atoms with Gasteiger partial charge in [0.05, 0.1) is 17.5 Å². The maximum Gasteiger partial charge on any atom is 0.169 e. The highest BCUT2D eigenvalue weighted by Crippen LogP contribution is 2.32. The number of sulfone groups is 1. The largest absolute Gasteiger partial charge is 0.456 e. The Morgan fingerprint density at radius 2 is 2.29 bits per heavy atom. The van der Waals surface area contributed by atoms with Gasteiger partial charge in [-0.2, -0.15) is 0 Å². The van der Waals surface area contributed by atoms with E-state index in [0.717, 1.165) is 0 Å². The molecule has 2 unspecified atom stereocenters. The lowest BCUT2D eigenvalue weighted by atomic mass is 9.98. The van der Waals surface area contributed by atoms with Crippen molar-refractivity contribution in [2.45, 2.75) is 18.9 Å². The van der Waals surface area contributed by atoms with Gasteiger partial charge in [0.1, 0.15) is 5.76 Å². The fourth-order valence-corrected chi connectivity index (χ4v) is 4.76. The molecule has 2 atom stereocenters. The van der Waals surface area contributed by atoms with E-state index in [9.17, 15) is 12.8 Å². The van der Waals surface area contributed by atoms with Gasteiger partial charge in [0.25, 0.3) is 0 Å². The fourth-order valence-electron chi connectivity index (χ4n) is 2.88. The Morgan fingerprint density at radius 3 is 2.90 bits per heavy atom. The average Bonchev–Trinajstić information content (AvgIpc) is 3.00. The Labute approximate surface area is 122 Å². The average molecular weight is 312 g/mol. The van der Waals surface area contributed by atoms with Crippen LogP contribution in [-0.4, -0.2) is 19.9 Å². The lowest BCUT2D eigenvalue weighted by Crippen LogP contribution is -2.29. The van der Waals surface area contributed by atoms with Crippen LogP contribution in [0.15, 0.2) is 28.7 Å². The summed E-state index contributed by atoms with van der Waals surface area (Å²) in [6.07, 6.45) is 1.19. The monoisotopic (exact) mass is 312 g/mol. The number of nitrogens with two attached hydrogens (primary N) is 1. The highest BCUT2D eigenvalue weighted by Gasteiger charge is 2.31. The van der Waals surface area contributed by atoms with Crippen LogP contribution in [-0.2, 0) is 9.84 Å². The third-order valence-electron chi connectivity index (χ3n) is 3.96. The number of nitrogens with one attached hydrogen (secondary N) is 1. The van der Waals surface area contributed by atoms with Crippen LogP contribution in [0, 0.1) is 11.7 Å². The topological polar surface area (TPSA) is 85.3 Å². The van der Waals surface area contributed by atoms with E-state index in [1.807, 2.05) is 0 Å². The van der Waals surface area contributed by atoms with Crippen LogP contribution < -0.4 is 11.3 Å². The molecule has 0 amide bonds. The molecule has 0 bridgehead atoms. The molecular formula is C14H17FN2O3S. The summed E-state index contributed by atoms with van der Waals surface area (Å²) < 4.78 is 42.2. The molecule has 0 saturated carbocycles. The Kier molecular flexibility index (Phi) is 3.73. The van der Waals surface area contributed by atoms with Gasteiger partial charge < -0.3 is 4.42 Å². The van der Waals surface area contributed by atoms with Gasteiger partial charge >= 0.3 is 0 Å². The zero-order valence-electron chi connectivity index (χ0n) is 11.4. The minimum atomic E-state index is -2.92. The predicted molar refractivity (Wildman–Crippen MR) is 77.6 cm³/mol. The quantitative estimate of drug-likeness (QED) is 0.665. The van der Waals surface area contributed by atoms with E-state index in [1.54, 1.807) is 18.2 Å². The summed E-state index contributed by atoms with van der Waals surface area (Å²) in [5.41, 5.74) is 2.84. The second-order valence-corrected chi connectivity index (χ2v) is 7.76. The standard InChI is InChI=1S/C14H17FN2O3S/c15-11-3-1-2-10-7-13(20-14(10)11)12(17-16)6-9-4-5-21(18,19)8-9/h1-3,7,9,12,17H,4-6,8,16H2. The molecule has 1 fully saturated rings. The highest BCUT2D eigenvalue weighted by atomic mass is 32.2. The minimum absolute atomic E-state index is 0.0501. The smallest absolute Gasteiger partial charge is 0.169 e. The number of hydrogen-bond acceptors (Lipinski definition) is 5. The maximum absolute atomic E-state index is 13.6. The van der Waals surface area contributed by atoms with Gasteiger partial charge in [0, 0.05) is 5.39 Å². The summed E-state index contributed by atoms with van der Waals surface area (Å²) in [4.78, 5) is 0. The normalized spacial score (nSPS) is 22.7. The summed E-state index contributed by atoms with van der Waals surface area (Å²) in [7, 11) is -2.92. The number of fused-ring (bicyclic) bond motifs is 1. The van der Waals surface area contributed by atoms with Gasteiger partial charge in [-0.3, -0.25) is 5.84 Å². The SMILES string of the molecule is NNC(CC1CCS(=O)(=O)C1)c1cc2cccc(F)c2o1. The summed E-state index contributed by atoms with van der Waals surface area (Å²) >= 11 is 0. The second kappa shape index (κ2) is 5.40. The van der Waals surface area contributed by atoms with Crippen molar-refractivity contribution in [1.29, 1.82) is 0 Å². The van der Waals surface area contributed by atoms with Crippen molar-refractivity contribution >= 4 is 20.8 Å². The third-order valence-corrected chi connectivity index (χ3v) is 5.79. The van der Waals surface area contributed by atoms with E-state index in [2.05, 4.69) is 5.43 Å². The molecule has 0 spiro atoms. The number of hydrogen-bond donors (Lipinski definition) is 2. The van der Waals surface area contributed by atoms with Crippen molar-refractivity contribution in [3.63, 3.8) is 0 Å². The Hall–Kier alpha value is -1.44. The summed E-state index contributed by atoms with van der Waals surface area (Å²) in [6, 6.07) is 6.14. The zero-order chi connectivity index (χ0) is 15.0. The van der Waals surface area contributed by atoms with Crippen LogP contribution in [0.1, 0.15) is 24.6 Å². The number of furan rings is 1. The maximum atomic E-state index is 13.6. The first-order chi connectivity index (χ1) is 9.98. The molecule has 21 heavy (non-hydrogen) atoms. The first-order valence-electron chi connectivity index (χ1n) is 6.83. The van der Waals surface area contributed by atoms with Crippen molar-refractivity contribution < 1.29 is 17.2 Å². The fraction of sp³-hybridized carbons (Fsp3) is 0.429. The Bertz CT molecular complexity index is 757. The predicted octanol–water partition coefficient (Wildman–Crippen LogP) is 1.90. The molecule has 1 aliphatic heterocycles. The molecule has 1 aromatic carbocycles. The lowest BCUT2D eigenvalue weighted by Gasteiger charge is -2.16. The van der Waals surface area contributed by atoms with E-state index in [-0.39, 0.29) is 29.0 Å². The molecule has 2 aromatic rings. The molecule has 1 aliphatic rings. The molecule has 1 saturated heterocycles. The van der Waals surface area contributed by atoms with E-state index >= 15 is 0 Å². The summed E-state index contributed by atoms with van der Waals surface area (Å²) in [6.45, 7) is 0. The van der Waals surface area contributed by atoms with Gasteiger partial charge in [-0.25, -0.2) is 18.2 Å². The molecule has 7 heteroatoms. The molecule has 3 N–H and O–H groups in total. The van der Waals surface area contributed by atoms with Gasteiger partial charge in [0.2, 0.25) is 0 Å². The lowest BCUT2D eigenvalue weighted by molar-refractivity contribution is 0.364. The van der Waals surface area contributed by atoms with Crippen LogP contribution in [0.25, 0.3) is 11.0 Å². The van der Waals surface area contributed by atoms with Gasteiger partial charge in [0.15, 0.2) is 21.2 Å². The van der Waals surface area contributed by atoms with Crippen molar-refractivity contribution in [1.82, 2.24) is 5.43 Å². The molecule has 114 valence electrons. The first kappa shape index (κ1) is 14.5. The highest BCUT2D eigenvalue weighted by molar-refractivity contribution is 7.91. The molecular weight excluding hydrogens is 295 g/mol. The Balaban J connectivity index is 1.83. The van der Waals surface area contributed by atoms with Crippen LogP contribution in [0.5, 0.6) is 0 Å². The summed E-state index contributed by atoms with van der Waals surface area (Å²) in [5, 5.41) is 0.671. The molecule has 2 heterocycles. The molecule has 1 aromatic heterocycles. The van der Waals surface area contributed by atoms with Gasteiger partial charge in [-0.15, -0.1) is 0 Å². The van der Waals surface area contributed by atoms with Crippen molar-refractivity contribution in [2.24, 2.45) is 11.8 Å². The van der Waals surface area contributed by atoms with Crippen LogP contribution in [0.3, 0.4) is 0 Å². The van der Waals surface area contributed by atoms with E-state index < -0.39 is 15.7 Å². The molecule has 3 rings (SSSR count). The van der Waals surface area contributed by atoms with E-state index in [0.29, 0.717) is 24.0 Å². The van der Waals surface area contributed by atoms with E-state index in [1.165, 1.54) is 6.07 Å². The number of para-hydroxylation sites is 1. The van der Waals surface area contributed by atoms with Crippen molar-refractivity contribution in [2.75, 3.05) is 11.5 Å². The van der Waals surface area contributed by atoms with Gasteiger partial charge in [-0.1, -0.05) is 12.1 Å². The van der Waals surface area contributed by atoms with Crippen LogP contribution in [0.4, 0.5) is 4.39 Å². The number of benzene rings is 1. The number of hydrazine groups is 1. The van der Waals surface area contributed by atoms with Crippen LogP contribution >= 0.6 is 0 Å². The third kappa shape index (κ3) is 2.95. The van der Waals surface area contributed by atoms with Crippen molar-refractivity contribution in [3.8, 4) is 0 Å². The Morgan fingerprint density at radius 1 is 1.48 bits per heavy atom. The minimum Gasteiger partial charge on any atom is -0.456 e. The second-order valence-electron chi connectivity index (χ2n) is 5.53.